The van der Waals surface area contributed by atoms with Crippen LogP contribution in [0.1, 0.15) is 11.4 Å². The minimum atomic E-state index is -0.631. The number of fused-ring (bicyclic) bond motifs is 1. The lowest BCUT2D eigenvalue weighted by Crippen LogP contribution is -2.07. The summed E-state index contributed by atoms with van der Waals surface area (Å²) in [6, 6.07) is 8.13. The van der Waals surface area contributed by atoms with Gasteiger partial charge in [-0.1, -0.05) is 22.0 Å². The molecule has 0 saturated heterocycles. The van der Waals surface area contributed by atoms with Crippen molar-refractivity contribution in [2.75, 3.05) is 5.32 Å². The Morgan fingerprint density at radius 1 is 1.24 bits per heavy atom. The van der Waals surface area contributed by atoms with Crippen LogP contribution in [0, 0.1) is 18.6 Å². The first kappa shape index (κ1) is 14.0. The third-order valence-electron chi connectivity index (χ3n) is 3.27. The summed E-state index contributed by atoms with van der Waals surface area (Å²) in [5, 5.41) is 2.81. The largest absolute Gasteiger partial charge is 0.375 e. The molecular weight excluding hydrogens is 340 g/mol. The van der Waals surface area contributed by atoms with E-state index in [0.29, 0.717) is 4.47 Å². The number of benzene rings is 1. The highest BCUT2D eigenvalue weighted by Gasteiger charge is 2.13. The van der Waals surface area contributed by atoms with Gasteiger partial charge in [-0.25, -0.2) is 13.8 Å². The Bertz CT molecular complexity index is 791. The zero-order valence-electron chi connectivity index (χ0n) is 11.2. The maximum atomic E-state index is 13.8. The van der Waals surface area contributed by atoms with Gasteiger partial charge in [0.15, 0.2) is 0 Å². The van der Waals surface area contributed by atoms with Crippen LogP contribution in [0.2, 0.25) is 0 Å². The fourth-order valence-corrected chi connectivity index (χ4v) is 2.66. The van der Waals surface area contributed by atoms with E-state index in [0.717, 1.165) is 17.0 Å². The van der Waals surface area contributed by atoms with E-state index >= 15 is 0 Å². The molecule has 0 aliphatic heterocycles. The third kappa shape index (κ3) is 2.63. The van der Waals surface area contributed by atoms with E-state index in [1.807, 2.05) is 35.7 Å². The first-order valence-electron chi connectivity index (χ1n) is 6.37. The van der Waals surface area contributed by atoms with Gasteiger partial charge in [-0.3, -0.25) is 0 Å². The molecule has 0 aliphatic rings. The van der Waals surface area contributed by atoms with E-state index in [9.17, 15) is 8.78 Å². The molecule has 3 rings (SSSR count). The molecule has 6 heteroatoms. The van der Waals surface area contributed by atoms with Crippen LogP contribution in [0.15, 0.2) is 41.0 Å². The number of hydrogen-bond donors (Lipinski definition) is 1. The SMILES string of the molecule is Cc1nc2ccccn2c1CNc1c(F)cc(Br)cc1F. The highest BCUT2D eigenvalue weighted by Crippen LogP contribution is 2.24. The van der Waals surface area contributed by atoms with Gasteiger partial charge in [-0.05, 0) is 31.2 Å². The molecule has 0 unspecified atom stereocenters. The van der Waals surface area contributed by atoms with E-state index in [-0.39, 0.29) is 12.2 Å². The molecule has 0 bridgehead atoms. The average molecular weight is 352 g/mol. The van der Waals surface area contributed by atoms with Crippen molar-refractivity contribution < 1.29 is 8.78 Å². The molecule has 0 spiro atoms. The first-order valence-corrected chi connectivity index (χ1v) is 7.16. The Balaban J connectivity index is 1.92. The number of nitrogens with one attached hydrogen (secondary N) is 1. The van der Waals surface area contributed by atoms with Crippen LogP contribution in [-0.4, -0.2) is 9.38 Å². The zero-order valence-corrected chi connectivity index (χ0v) is 12.8. The average Bonchev–Trinajstić information content (AvgIpc) is 2.73. The molecule has 108 valence electrons. The van der Waals surface area contributed by atoms with Gasteiger partial charge >= 0.3 is 0 Å². The third-order valence-corrected chi connectivity index (χ3v) is 3.73. The van der Waals surface area contributed by atoms with E-state index in [1.54, 1.807) is 0 Å². The summed E-state index contributed by atoms with van der Waals surface area (Å²) in [4.78, 5) is 4.41. The standard InChI is InChI=1S/C15H12BrF2N3/c1-9-13(21-5-3-2-4-14(21)20-9)8-19-15-11(17)6-10(16)7-12(15)18/h2-7,19H,8H2,1H3. The van der Waals surface area contributed by atoms with Crippen molar-refractivity contribution in [1.29, 1.82) is 0 Å². The van der Waals surface area contributed by atoms with E-state index in [4.69, 9.17) is 0 Å². The van der Waals surface area contributed by atoms with Gasteiger partial charge in [0.05, 0.1) is 17.9 Å². The summed E-state index contributed by atoms with van der Waals surface area (Å²) < 4.78 is 29.9. The van der Waals surface area contributed by atoms with Crippen molar-refractivity contribution in [3.8, 4) is 0 Å². The number of pyridine rings is 1. The van der Waals surface area contributed by atoms with Crippen molar-refractivity contribution in [3.05, 3.63) is 64.0 Å². The molecule has 21 heavy (non-hydrogen) atoms. The first-order chi connectivity index (χ1) is 10.1. The van der Waals surface area contributed by atoms with Crippen LogP contribution in [0.4, 0.5) is 14.5 Å². The maximum absolute atomic E-state index is 13.8. The van der Waals surface area contributed by atoms with Crippen LogP contribution in [-0.2, 0) is 6.54 Å². The molecule has 0 aliphatic carbocycles. The Kier molecular flexibility index (Phi) is 3.63. The zero-order chi connectivity index (χ0) is 15.0. The second-order valence-electron chi connectivity index (χ2n) is 4.67. The van der Waals surface area contributed by atoms with Crippen LogP contribution >= 0.6 is 15.9 Å². The molecule has 2 heterocycles. The minimum absolute atomic E-state index is 0.136. The molecule has 0 amide bonds. The number of anilines is 1. The summed E-state index contributed by atoms with van der Waals surface area (Å²) in [7, 11) is 0. The van der Waals surface area contributed by atoms with Gasteiger partial charge in [0.25, 0.3) is 0 Å². The number of rotatable bonds is 3. The Labute approximate surface area is 128 Å². The number of aryl methyl sites for hydroxylation is 1. The molecule has 3 aromatic rings. The smallest absolute Gasteiger partial charge is 0.150 e. The number of aromatic nitrogens is 2. The van der Waals surface area contributed by atoms with Gasteiger partial charge in [-0.2, -0.15) is 0 Å². The lowest BCUT2D eigenvalue weighted by atomic mass is 10.2. The fraction of sp³-hybridized carbons (Fsp3) is 0.133. The number of halogens is 3. The van der Waals surface area contributed by atoms with E-state index < -0.39 is 11.6 Å². The van der Waals surface area contributed by atoms with Crippen molar-refractivity contribution in [1.82, 2.24) is 9.38 Å². The molecule has 0 radical (unpaired) electrons. The second-order valence-corrected chi connectivity index (χ2v) is 5.59. The quantitative estimate of drug-likeness (QED) is 0.762. The lowest BCUT2D eigenvalue weighted by molar-refractivity contribution is 0.586. The van der Waals surface area contributed by atoms with Crippen LogP contribution in [0.25, 0.3) is 5.65 Å². The van der Waals surface area contributed by atoms with Gasteiger partial charge < -0.3 is 9.72 Å². The van der Waals surface area contributed by atoms with Gasteiger partial charge in [-0.15, -0.1) is 0 Å². The predicted molar refractivity (Wildman–Crippen MR) is 81.3 cm³/mol. The number of imidazole rings is 1. The Morgan fingerprint density at radius 2 is 1.95 bits per heavy atom. The monoisotopic (exact) mass is 351 g/mol. The highest BCUT2D eigenvalue weighted by molar-refractivity contribution is 9.10. The molecule has 0 atom stereocenters. The molecule has 2 aromatic heterocycles. The molecular formula is C15H12BrF2N3. The fourth-order valence-electron chi connectivity index (χ4n) is 2.26. The molecule has 0 saturated carbocycles. The summed E-state index contributed by atoms with van der Waals surface area (Å²) in [6.45, 7) is 2.16. The summed E-state index contributed by atoms with van der Waals surface area (Å²) in [5.74, 6) is -1.26. The Morgan fingerprint density at radius 3 is 2.67 bits per heavy atom. The summed E-state index contributed by atoms with van der Waals surface area (Å²) in [5.41, 5.74) is 2.37. The predicted octanol–water partition coefficient (Wildman–Crippen LogP) is 4.30. The Hall–Kier alpha value is -1.95. The second kappa shape index (κ2) is 5.44. The van der Waals surface area contributed by atoms with Crippen molar-refractivity contribution >= 4 is 27.3 Å². The van der Waals surface area contributed by atoms with Crippen molar-refractivity contribution in [3.63, 3.8) is 0 Å². The van der Waals surface area contributed by atoms with Crippen molar-refractivity contribution in [2.45, 2.75) is 13.5 Å². The van der Waals surface area contributed by atoms with Crippen LogP contribution < -0.4 is 5.32 Å². The highest BCUT2D eigenvalue weighted by atomic mass is 79.9. The summed E-state index contributed by atoms with van der Waals surface area (Å²) in [6.07, 6.45) is 1.88. The van der Waals surface area contributed by atoms with E-state index in [2.05, 4.69) is 26.2 Å². The van der Waals surface area contributed by atoms with Crippen LogP contribution in [0.5, 0.6) is 0 Å². The van der Waals surface area contributed by atoms with Gasteiger partial charge in [0.1, 0.15) is 23.0 Å². The molecule has 1 N–H and O–H groups in total. The molecule has 3 nitrogen and oxygen atoms in total. The minimum Gasteiger partial charge on any atom is -0.375 e. The number of hydrogen-bond acceptors (Lipinski definition) is 2. The normalized spacial score (nSPS) is 11.0. The molecule has 0 fully saturated rings. The topological polar surface area (TPSA) is 29.3 Å². The summed E-state index contributed by atoms with van der Waals surface area (Å²) >= 11 is 3.06. The number of nitrogens with zero attached hydrogens (tertiary/aromatic N) is 2. The van der Waals surface area contributed by atoms with Gasteiger partial charge in [0, 0.05) is 10.7 Å². The van der Waals surface area contributed by atoms with Gasteiger partial charge in [0.2, 0.25) is 0 Å². The van der Waals surface area contributed by atoms with Crippen LogP contribution in [0.3, 0.4) is 0 Å². The van der Waals surface area contributed by atoms with Crippen molar-refractivity contribution in [2.24, 2.45) is 0 Å². The molecule has 1 aromatic carbocycles. The van der Waals surface area contributed by atoms with E-state index in [1.165, 1.54) is 12.1 Å². The maximum Gasteiger partial charge on any atom is 0.150 e. The lowest BCUT2D eigenvalue weighted by Gasteiger charge is -2.10.